The molecule has 0 heterocycles. The summed E-state index contributed by atoms with van der Waals surface area (Å²) in [6.45, 7) is 5.73. The van der Waals surface area contributed by atoms with E-state index in [2.05, 4.69) is 9.93 Å². The Morgan fingerprint density at radius 3 is 2.29 bits per heavy atom. The minimum atomic E-state index is -3.74. The number of nitrogens with one attached hydrogen (secondary N) is 1. The molecule has 0 aromatic heterocycles. The normalized spacial score (nSPS) is 12.2. The highest BCUT2D eigenvalue weighted by atomic mass is 32.2. The maximum Gasteiger partial charge on any atom is 0.276 e. The van der Waals surface area contributed by atoms with Crippen LogP contribution in [0.4, 0.5) is 0 Å². The van der Waals surface area contributed by atoms with Crippen molar-refractivity contribution in [2.75, 3.05) is 0 Å². The molecule has 2 rings (SSSR count). The number of hydrogen-bond donors (Lipinski definition) is 2. The van der Waals surface area contributed by atoms with Crippen LogP contribution >= 0.6 is 0 Å². The monoisotopic (exact) mass is 346 g/mol. The highest BCUT2D eigenvalue weighted by molar-refractivity contribution is 7.89. The van der Waals surface area contributed by atoms with E-state index < -0.39 is 10.0 Å². The lowest BCUT2D eigenvalue weighted by atomic mass is 10.0. The van der Waals surface area contributed by atoms with Crippen molar-refractivity contribution in [3.05, 3.63) is 59.2 Å². The molecule has 0 aliphatic carbocycles. The van der Waals surface area contributed by atoms with Gasteiger partial charge < -0.3 is 5.11 Å². The average Bonchev–Trinajstić information content (AvgIpc) is 2.52. The van der Waals surface area contributed by atoms with Crippen LogP contribution in [0.2, 0.25) is 0 Å². The third-order valence-electron chi connectivity index (χ3n) is 3.58. The molecule has 0 aliphatic rings. The summed E-state index contributed by atoms with van der Waals surface area (Å²) in [4.78, 5) is 2.42. The topological polar surface area (TPSA) is 78.8 Å². The predicted molar refractivity (Wildman–Crippen MR) is 95.8 cm³/mol. The first-order chi connectivity index (χ1) is 11.3. The number of sulfonamides is 1. The molecule has 0 atom stereocenters. The maximum absolute atomic E-state index is 12.3. The van der Waals surface area contributed by atoms with Crippen LogP contribution in [-0.2, 0) is 10.0 Å². The van der Waals surface area contributed by atoms with Gasteiger partial charge in [0.25, 0.3) is 10.0 Å². The maximum atomic E-state index is 12.3. The van der Waals surface area contributed by atoms with Gasteiger partial charge in [-0.05, 0) is 50.1 Å². The fourth-order valence-electron chi connectivity index (χ4n) is 2.26. The van der Waals surface area contributed by atoms with Crippen molar-refractivity contribution in [3.8, 4) is 5.75 Å². The standard InChI is InChI=1S/C18H22N2O3S/c1-4-5-17(16-11-8-14(3)12-18(16)21)19-20-24(22,23)15-9-6-13(2)7-10-15/h6-12,20-21H,4-5H2,1-3H3/b19-17-. The van der Waals surface area contributed by atoms with Crippen LogP contribution in [0.5, 0.6) is 5.75 Å². The molecular weight excluding hydrogens is 324 g/mol. The molecule has 2 aromatic carbocycles. The molecule has 6 heteroatoms. The van der Waals surface area contributed by atoms with Crippen molar-refractivity contribution in [2.45, 2.75) is 38.5 Å². The highest BCUT2D eigenvalue weighted by Gasteiger charge is 2.14. The van der Waals surface area contributed by atoms with Gasteiger partial charge in [-0.3, -0.25) is 0 Å². The van der Waals surface area contributed by atoms with Gasteiger partial charge >= 0.3 is 0 Å². The highest BCUT2D eigenvalue weighted by Crippen LogP contribution is 2.21. The van der Waals surface area contributed by atoms with Gasteiger partial charge in [0.1, 0.15) is 5.75 Å². The number of aryl methyl sites for hydroxylation is 2. The molecule has 2 aromatic rings. The molecule has 24 heavy (non-hydrogen) atoms. The van der Waals surface area contributed by atoms with Crippen LogP contribution in [0.25, 0.3) is 0 Å². The van der Waals surface area contributed by atoms with Gasteiger partial charge in [-0.1, -0.05) is 37.1 Å². The third kappa shape index (κ3) is 4.35. The van der Waals surface area contributed by atoms with E-state index in [9.17, 15) is 13.5 Å². The van der Waals surface area contributed by atoms with E-state index in [-0.39, 0.29) is 10.6 Å². The van der Waals surface area contributed by atoms with Crippen LogP contribution in [0.1, 0.15) is 36.5 Å². The van der Waals surface area contributed by atoms with Gasteiger partial charge in [0, 0.05) is 5.56 Å². The summed E-state index contributed by atoms with van der Waals surface area (Å²) in [6, 6.07) is 11.8. The van der Waals surface area contributed by atoms with Crippen molar-refractivity contribution >= 4 is 15.7 Å². The molecule has 0 radical (unpaired) electrons. The molecule has 0 bridgehead atoms. The lowest BCUT2D eigenvalue weighted by molar-refractivity contribution is 0.473. The summed E-state index contributed by atoms with van der Waals surface area (Å²) in [5, 5.41) is 14.2. The Bertz CT molecular complexity index is 841. The van der Waals surface area contributed by atoms with E-state index in [1.807, 2.05) is 26.8 Å². The molecule has 2 N–H and O–H groups in total. The van der Waals surface area contributed by atoms with Gasteiger partial charge in [0.05, 0.1) is 10.6 Å². The zero-order chi connectivity index (χ0) is 17.7. The zero-order valence-electron chi connectivity index (χ0n) is 14.1. The smallest absolute Gasteiger partial charge is 0.276 e. The number of phenols is 1. The van der Waals surface area contributed by atoms with Gasteiger partial charge in [-0.25, -0.2) is 0 Å². The molecule has 0 amide bonds. The summed E-state index contributed by atoms with van der Waals surface area (Å²) in [5.41, 5.74) is 2.95. The van der Waals surface area contributed by atoms with Crippen LogP contribution in [0.3, 0.4) is 0 Å². The van der Waals surface area contributed by atoms with E-state index in [4.69, 9.17) is 0 Å². The Hall–Kier alpha value is -2.34. The molecule has 0 saturated heterocycles. The van der Waals surface area contributed by atoms with Crippen molar-refractivity contribution in [2.24, 2.45) is 5.10 Å². The molecule has 0 fully saturated rings. The van der Waals surface area contributed by atoms with Crippen molar-refractivity contribution in [3.63, 3.8) is 0 Å². The van der Waals surface area contributed by atoms with E-state index in [1.54, 1.807) is 24.3 Å². The van der Waals surface area contributed by atoms with Crippen molar-refractivity contribution < 1.29 is 13.5 Å². The molecular formula is C18H22N2O3S. The largest absolute Gasteiger partial charge is 0.507 e. The lowest BCUT2D eigenvalue weighted by Gasteiger charge is -2.10. The van der Waals surface area contributed by atoms with Crippen LogP contribution in [-0.4, -0.2) is 19.2 Å². The number of benzene rings is 2. The number of hydrogen-bond acceptors (Lipinski definition) is 4. The SMILES string of the molecule is CCC/C(=N/NS(=O)(=O)c1ccc(C)cc1)c1ccc(C)cc1O. The average molecular weight is 346 g/mol. The molecule has 128 valence electrons. The van der Waals surface area contributed by atoms with Crippen LogP contribution in [0, 0.1) is 13.8 Å². The van der Waals surface area contributed by atoms with Gasteiger partial charge in [-0.15, -0.1) is 0 Å². The van der Waals surface area contributed by atoms with Crippen molar-refractivity contribution in [1.29, 1.82) is 0 Å². The fourth-order valence-corrected chi connectivity index (χ4v) is 3.09. The zero-order valence-corrected chi connectivity index (χ0v) is 14.9. The number of hydrazone groups is 1. The first kappa shape index (κ1) is 18.0. The van der Waals surface area contributed by atoms with E-state index >= 15 is 0 Å². The number of aromatic hydroxyl groups is 1. The lowest BCUT2D eigenvalue weighted by Crippen LogP contribution is -2.20. The number of phenolic OH excluding ortho intramolecular Hbond substituents is 1. The number of rotatable bonds is 6. The summed E-state index contributed by atoms with van der Waals surface area (Å²) in [6.07, 6.45) is 1.32. The van der Waals surface area contributed by atoms with E-state index in [1.165, 1.54) is 12.1 Å². The fraction of sp³-hybridized carbons (Fsp3) is 0.278. The Morgan fingerprint density at radius 2 is 1.71 bits per heavy atom. The predicted octanol–water partition coefficient (Wildman–Crippen LogP) is 3.49. The Balaban J connectivity index is 2.32. The quantitative estimate of drug-likeness (QED) is 0.621. The Kier molecular flexibility index (Phi) is 5.62. The van der Waals surface area contributed by atoms with Gasteiger partial charge in [-0.2, -0.15) is 18.4 Å². The second kappa shape index (κ2) is 7.49. The second-order valence-electron chi connectivity index (χ2n) is 5.74. The summed E-state index contributed by atoms with van der Waals surface area (Å²) >= 11 is 0. The molecule has 0 unspecified atom stereocenters. The summed E-state index contributed by atoms with van der Waals surface area (Å²) in [5.74, 6) is 0.0942. The number of nitrogens with zero attached hydrogens (tertiary/aromatic N) is 1. The summed E-state index contributed by atoms with van der Waals surface area (Å²) < 4.78 is 24.7. The van der Waals surface area contributed by atoms with Crippen LogP contribution in [0.15, 0.2) is 52.5 Å². The molecule has 5 nitrogen and oxygen atoms in total. The van der Waals surface area contributed by atoms with Crippen LogP contribution < -0.4 is 4.83 Å². The first-order valence-corrected chi connectivity index (χ1v) is 9.27. The Morgan fingerprint density at radius 1 is 1.08 bits per heavy atom. The first-order valence-electron chi connectivity index (χ1n) is 7.78. The minimum absolute atomic E-state index is 0.0942. The second-order valence-corrected chi connectivity index (χ2v) is 7.40. The van der Waals surface area contributed by atoms with Crippen molar-refractivity contribution in [1.82, 2.24) is 4.83 Å². The third-order valence-corrected chi connectivity index (χ3v) is 4.81. The molecule has 0 spiro atoms. The Labute approximate surface area is 143 Å². The minimum Gasteiger partial charge on any atom is -0.507 e. The summed E-state index contributed by atoms with van der Waals surface area (Å²) in [7, 11) is -3.74. The van der Waals surface area contributed by atoms with Gasteiger partial charge in [0.2, 0.25) is 0 Å². The van der Waals surface area contributed by atoms with Gasteiger partial charge in [0.15, 0.2) is 0 Å². The molecule has 0 saturated carbocycles. The van der Waals surface area contributed by atoms with E-state index in [0.717, 1.165) is 17.5 Å². The van der Waals surface area contributed by atoms with E-state index in [0.29, 0.717) is 17.7 Å². The molecule has 0 aliphatic heterocycles.